The number of ether oxygens (including phenoxy) is 1. The summed E-state index contributed by atoms with van der Waals surface area (Å²) in [6, 6.07) is 11.3. The van der Waals surface area contributed by atoms with E-state index in [1.165, 1.54) is 4.90 Å². The maximum absolute atomic E-state index is 13.7. The molecule has 33 heavy (non-hydrogen) atoms. The Bertz CT molecular complexity index is 991. The van der Waals surface area contributed by atoms with Crippen molar-refractivity contribution in [2.45, 2.75) is 32.6 Å². The number of aromatic carboxylic acids is 1. The van der Waals surface area contributed by atoms with Crippen molar-refractivity contribution in [1.82, 2.24) is 4.90 Å². The summed E-state index contributed by atoms with van der Waals surface area (Å²) in [5.74, 6) is -1.03. The monoisotopic (exact) mass is 470 g/mol. The molecule has 2 heterocycles. The Kier molecular flexibility index (Phi) is 7.45. The summed E-state index contributed by atoms with van der Waals surface area (Å²) in [4.78, 5) is 42.9. The van der Waals surface area contributed by atoms with Crippen molar-refractivity contribution in [1.29, 1.82) is 0 Å². The van der Waals surface area contributed by atoms with Crippen LogP contribution in [0.4, 0.5) is 5.69 Å². The van der Waals surface area contributed by atoms with E-state index in [4.69, 9.17) is 4.74 Å². The standard InChI is InChI=1S/C25H30N2O5S/c1-17-7-9-19(10-8-17)24(29)27(16-22(28)26-11-13-32-14-12-26)20-15-21(33-23(20)25(30)31)18-5-3-2-4-6-18/h2-6,15,17,19H,7-14,16H2,1H3,(H,30,31). The first-order valence-electron chi connectivity index (χ1n) is 11.5. The molecular formula is C25H30N2O5S. The maximum atomic E-state index is 13.7. The van der Waals surface area contributed by atoms with Crippen LogP contribution in [0.25, 0.3) is 10.4 Å². The van der Waals surface area contributed by atoms with E-state index in [0.717, 1.165) is 47.5 Å². The Morgan fingerprint density at radius 2 is 1.76 bits per heavy atom. The first-order chi connectivity index (χ1) is 15.9. The largest absolute Gasteiger partial charge is 0.477 e. The number of anilines is 1. The minimum atomic E-state index is -1.09. The molecule has 0 atom stereocenters. The molecule has 4 rings (SSSR count). The summed E-state index contributed by atoms with van der Waals surface area (Å²) in [5.41, 5.74) is 1.20. The molecule has 8 heteroatoms. The second-order valence-corrected chi connectivity index (χ2v) is 9.92. The lowest BCUT2D eigenvalue weighted by molar-refractivity contribution is -0.135. The van der Waals surface area contributed by atoms with Gasteiger partial charge in [-0.3, -0.25) is 9.59 Å². The van der Waals surface area contributed by atoms with Crippen molar-refractivity contribution in [2.75, 3.05) is 37.7 Å². The van der Waals surface area contributed by atoms with E-state index in [1.807, 2.05) is 30.3 Å². The van der Waals surface area contributed by atoms with Crippen molar-refractivity contribution in [3.05, 3.63) is 41.3 Å². The van der Waals surface area contributed by atoms with Crippen LogP contribution in [-0.2, 0) is 14.3 Å². The summed E-state index contributed by atoms with van der Waals surface area (Å²) in [6.07, 6.45) is 3.46. The molecule has 0 spiro atoms. The lowest BCUT2D eigenvalue weighted by Crippen LogP contribution is -2.48. The van der Waals surface area contributed by atoms with Gasteiger partial charge in [-0.15, -0.1) is 11.3 Å². The number of hydrogen-bond acceptors (Lipinski definition) is 5. The second-order valence-electron chi connectivity index (χ2n) is 8.87. The van der Waals surface area contributed by atoms with Crippen LogP contribution in [0.1, 0.15) is 42.3 Å². The number of amides is 2. The van der Waals surface area contributed by atoms with Gasteiger partial charge >= 0.3 is 5.97 Å². The first kappa shape index (κ1) is 23.4. The zero-order valence-electron chi connectivity index (χ0n) is 18.9. The Morgan fingerprint density at radius 3 is 2.39 bits per heavy atom. The summed E-state index contributed by atoms with van der Waals surface area (Å²) in [7, 11) is 0. The smallest absolute Gasteiger partial charge is 0.348 e. The van der Waals surface area contributed by atoms with Gasteiger partial charge in [0.1, 0.15) is 11.4 Å². The number of carboxylic acid groups (broad SMARTS) is 1. The Balaban J connectivity index is 1.68. The van der Waals surface area contributed by atoms with Crippen molar-refractivity contribution in [3.8, 4) is 10.4 Å². The van der Waals surface area contributed by atoms with Crippen molar-refractivity contribution >= 4 is 34.8 Å². The van der Waals surface area contributed by atoms with Crippen molar-refractivity contribution in [3.63, 3.8) is 0 Å². The lowest BCUT2D eigenvalue weighted by Gasteiger charge is -2.33. The molecule has 2 fully saturated rings. The van der Waals surface area contributed by atoms with Gasteiger partial charge in [0.2, 0.25) is 11.8 Å². The van der Waals surface area contributed by atoms with E-state index < -0.39 is 5.97 Å². The minimum absolute atomic E-state index is 0.0844. The van der Waals surface area contributed by atoms with Gasteiger partial charge in [-0.2, -0.15) is 0 Å². The van der Waals surface area contributed by atoms with Gasteiger partial charge in [0.15, 0.2) is 0 Å². The van der Waals surface area contributed by atoms with Crippen LogP contribution in [0.5, 0.6) is 0 Å². The van der Waals surface area contributed by atoms with Crippen LogP contribution in [0.2, 0.25) is 0 Å². The van der Waals surface area contributed by atoms with Gasteiger partial charge in [-0.1, -0.05) is 37.3 Å². The third kappa shape index (κ3) is 5.45. The summed E-state index contributed by atoms with van der Waals surface area (Å²) < 4.78 is 5.34. The predicted molar refractivity (Wildman–Crippen MR) is 128 cm³/mol. The van der Waals surface area contributed by atoms with Crippen LogP contribution in [0.3, 0.4) is 0 Å². The zero-order valence-corrected chi connectivity index (χ0v) is 19.7. The molecule has 2 aliphatic rings. The number of carboxylic acids is 1. The third-order valence-electron chi connectivity index (χ3n) is 6.54. The van der Waals surface area contributed by atoms with Gasteiger partial charge in [-0.25, -0.2) is 4.79 Å². The van der Waals surface area contributed by atoms with E-state index in [2.05, 4.69) is 6.92 Å². The third-order valence-corrected chi connectivity index (χ3v) is 7.71. The number of rotatable bonds is 6. The summed E-state index contributed by atoms with van der Waals surface area (Å²) in [6.45, 7) is 3.93. The number of hydrogen-bond donors (Lipinski definition) is 1. The fourth-order valence-electron chi connectivity index (χ4n) is 4.54. The molecule has 1 saturated heterocycles. The highest BCUT2D eigenvalue weighted by Crippen LogP contribution is 2.39. The quantitative estimate of drug-likeness (QED) is 0.686. The average molecular weight is 471 g/mol. The van der Waals surface area contributed by atoms with Gasteiger partial charge < -0.3 is 19.6 Å². The van der Waals surface area contributed by atoms with Crippen LogP contribution in [0.15, 0.2) is 36.4 Å². The molecule has 1 N–H and O–H groups in total. The normalized spacial score (nSPS) is 20.9. The van der Waals surface area contributed by atoms with Crippen LogP contribution < -0.4 is 4.90 Å². The van der Waals surface area contributed by atoms with Crippen molar-refractivity contribution < 1.29 is 24.2 Å². The van der Waals surface area contributed by atoms with E-state index in [0.29, 0.717) is 37.9 Å². The molecule has 0 bridgehead atoms. The molecule has 1 aromatic carbocycles. The Morgan fingerprint density at radius 1 is 1.09 bits per heavy atom. The van der Waals surface area contributed by atoms with E-state index in [1.54, 1.807) is 11.0 Å². The SMILES string of the molecule is CC1CCC(C(=O)N(CC(=O)N2CCOCC2)c2cc(-c3ccccc3)sc2C(=O)O)CC1. The van der Waals surface area contributed by atoms with E-state index >= 15 is 0 Å². The van der Waals surface area contributed by atoms with Gasteiger partial charge in [0.05, 0.1) is 18.9 Å². The number of thiophene rings is 1. The summed E-state index contributed by atoms with van der Waals surface area (Å²) >= 11 is 1.14. The average Bonchev–Trinajstić information content (AvgIpc) is 3.29. The number of carbonyl (C=O) groups is 3. The number of morpholine rings is 1. The van der Waals surface area contributed by atoms with Gasteiger partial charge in [-0.05, 0) is 43.2 Å². The van der Waals surface area contributed by atoms with Gasteiger partial charge in [0, 0.05) is 23.9 Å². The predicted octanol–water partition coefficient (Wildman–Crippen LogP) is 4.13. The van der Waals surface area contributed by atoms with Crippen molar-refractivity contribution in [2.24, 2.45) is 11.8 Å². The molecule has 7 nitrogen and oxygen atoms in total. The Labute approximate surface area is 198 Å². The number of benzene rings is 1. The summed E-state index contributed by atoms with van der Waals surface area (Å²) in [5, 5.41) is 9.95. The fourth-order valence-corrected chi connectivity index (χ4v) is 5.54. The van der Waals surface area contributed by atoms with E-state index in [9.17, 15) is 19.5 Å². The molecular weight excluding hydrogens is 440 g/mol. The van der Waals surface area contributed by atoms with E-state index in [-0.39, 0.29) is 29.2 Å². The maximum Gasteiger partial charge on any atom is 0.348 e. The second kappa shape index (κ2) is 10.5. The van der Waals surface area contributed by atoms with Crippen LogP contribution in [0, 0.1) is 11.8 Å². The molecule has 2 aromatic rings. The molecule has 1 aliphatic carbocycles. The highest BCUT2D eigenvalue weighted by atomic mass is 32.1. The van der Waals surface area contributed by atoms with Gasteiger partial charge in [0.25, 0.3) is 0 Å². The topological polar surface area (TPSA) is 87.2 Å². The molecule has 0 unspecified atom stereocenters. The fraction of sp³-hybridized carbons (Fsp3) is 0.480. The molecule has 2 amide bonds. The zero-order chi connectivity index (χ0) is 23.4. The molecule has 1 saturated carbocycles. The lowest BCUT2D eigenvalue weighted by atomic mass is 9.82. The highest BCUT2D eigenvalue weighted by molar-refractivity contribution is 7.18. The minimum Gasteiger partial charge on any atom is -0.477 e. The molecule has 1 aliphatic heterocycles. The highest BCUT2D eigenvalue weighted by Gasteiger charge is 2.34. The molecule has 1 aromatic heterocycles. The molecule has 0 radical (unpaired) electrons. The molecule has 176 valence electrons. The number of carbonyl (C=O) groups excluding carboxylic acids is 2. The number of nitrogens with zero attached hydrogens (tertiary/aromatic N) is 2. The van der Waals surface area contributed by atoms with Crippen LogP contribution >= 0.6 is 11.3 Å². The Hall–Kier alpha value is -2.71. The van der Waals surface area contributed by atoms with Crippen LogP contribution in [-0.4, -0.2) is 60.6 Å². The first-order valence-corrected chi connectivity index (χ1v) is 12.3.